The summed E-state index contributed by atoms with van der Waals surface area (Å²) in [5, 5.41) is 18.6. The summed E-state index contributed by atoms with van der Waals surface area (Å²) in [6.45, 7) is 9.92. The van der Waals surface area contributed by atoms with Crippen LogP contribution in [0.15, 0.2) is 36.5 Å². The quantitative estimate of drug-likeness (QED) is 0.560. The Morgan fingerprint density at radius 3 is 2.53 bits per heavy atom. The van der Waals surface area contributed by atoms with Crippen LogP contribution in [0.5, 0.6) is 0 Å². The van der Waals surface area contributed by atoms with E-state index >= 15 is 0 Å². The molecule has 0 atom stereocenters. The highest BCUT2D eigenvalue weighted by atomic mass is 16.3. The number of amides is 1. The van der Waals surface area contributed by atoms with Crippen LogP contribution in [0.4, 0.5) is 5.69 Å². The number of aliphatic hydroxyl groups is 1. The lowest BCUT2D eigenvalue weighted by atomic mass is 9.76. The SMILES string of the molecule is Cc1cccc(C(=O)Nc2cc3cc(C4CCC(C(C)C)CC4)nn3cc2C(C)(C)O)n1. The van der Waals surface area contributed by atoms with Gasteiger partial charge < -0.3 is 10.4 Å². The van der Waals surface area contributed by atoms with Gasteiger partial charge in [-0.3, -0.25) is 4.79 Å². The van der Waals surface area contributed by atoms with Crippen LogP contribution in [-0.2, 0) is 5.60 Å². The lowest BCUT2D eigenvalue weighted by Gasteiger charge is -2.29. The molecular weight excluding hydrogens is 400 g/mol. The Morgan fingerprint density at radius 2 is 1.91 bits per heavy atom. The fraction of sp³-hybridized carbons (Fsp3) is 0.500. The van der Waals surface area contributed by atoms with Crippen LogP contribution in [0.3, 0.4) is 0 Å². The normalized spacial score (nSPS) is 19.5. The van der Waals surface area contributed by atoms with Gasteiger partial charge in [-0.15, -0.1) is 0 Å². The molecule has 6 nitrogen and oxygen atoms in total. The zero-order chi connectivity index (χ0) is 23.0. The number of nitrogens with zero attached hydrogens (tertiary/aromatic N) is 3. The minimum absolute atomic E-state index is 0.296. The van der Waals surface area contributed by atoms with Crippen LogP contribution in [0.2, 0.25) is 0 Å². The first-order valence-electron chi connectivity index (χ1n) is 11.6. The van der Waals surface area contributed by atoms with Gasteiger partial charge in [-0.1, -0.05) is 19.9 Å². The molecule has 0 saturated heterocycles. The number of pyridine rings is 2. The third-order valence-electron chi connectivity index (χ3n) is 6.78. The predicted molar refractivity (Wildman–Crippen MR) is 127 cm³/mol. The van der Waals surface area contributed by atoms with Crippen molar-refractivity contribution in [2.75, 3.05) is 5.32 Å². The Bertz CT molecular complexity index is 1120. The Labute approximate surface area is 190 Å². The zero-order valence-corrected chi connectivity index (χ0v) is 19.7. The number of aryl methyl sites for hydroxylation is 1. The molecular formula is C26H34N4O2. The van der Waals surface area contributed by atoms with Crippen molar-refractivity contribution in [3.05, 3.63) is 59.2 Å². The smallest absolute Gasteiger partial charge is 0.274 e. The molecule has 0 aliphatic heterocycles. The second-order valence-corrected chi connectivity index (χ2v) is 10.1. The molecule has 6 heteroatoms. The van der Waals surface area contributed by atoms with Crippen molar-refractivity contribution in [1.82, 2.24) is 14.6 Å². The van der Waals surface area contributed by atoms with E-state index in [-0.39, 0.29) is 5.91 Å². The van der Waals surface area contributed by atoms with Gasteiger partial charge in [-0.25, -0.2) is 9.50 Å². The number of nitrogens with one attached hydrogen (secondary N) is 1. The summed E-state index contributed by atoms with van der Waals surface area (Å²) in [5.74, 6) is 1.71. The van der Waals surface area contributed by atoms with Crippen LogP contribution >= 0.6 is 0 Å². The molecule has 2 N–H and O–H groups in total. The number of anilines is 1. The van der Waals surface area contributed by atoms with Crippen LogP contribution in [-0.4, -0.2) is 25.6 Å². The Morgan fingerprint density at radius 1 is 1.19 bits per heavy atom. The number of hydrogen-bond donors (Lipinski definition) is 2. The Balaban J connectivity index is 1.64. The van der Waals surface area contributed by atoms with Crippen LogP contribution in [0.25, 0.3) is 5.52 Å². The van der Waals surface area contributed by atoms with E-state index in [0.717, 1.165) is 41.6 Å². The topological polar surface area (TPSA) is 79.5 Å². The average molecular weight is 435 g/mol. The third-order valence-corrected chi connectivity index (χ3v) is 6.78. The Kier molecular flexibility index (Phi) is 6.08. The van der Waals surface area contributed by atoms with Crippen molar-refractivity contribution in [3.63, 3.8) is 0 Å². The summed E-state index contributed by atoms with van der Waals surface area (Å²) in [7, 11) is 0. The van der Waals surface area contributed by atoms with Crippen LogP contribution in [0.1, 0.15) is 86.7 Å². The number of carbonyl (C=O) groups is 1. The molecule has 0 radical (unpaired) electrons. The van der Waals surface area contributed by atoms with Gasteiger partial charge in [-0.05, 0) is 82.6 Å². The molecule has 3 aromatic rings. The van der Waals surface area contributed by atoms with E-state index < -0.39 is 5.60 Å². The second-order valence-electron chi connectivity index (χ2n) is 10.1. The number of rotatable bonds is 5. The molecule has 170 valence electrons. The van der Waals surface area contributed by atoms with Crippen molar-refractivity contribution in [2.45, 2.75) is 71.8 Å². The van der Waals surface area contributed by atoms with Gasteiger partial charge in [0.15, 0.2) is 0 Å². The van der Waals surface area contributed by atoms with Crippen molar-refractivity contribution in [3.8, 4) is 0 Å². The molecule has 0 unspecified atom stereocenters. The van der Waals surface area contributed by atoms with Crippen LogP contribution < -0.4 is 5.32 Å². The third kappa shape index (κ3) is 4.70. The van der Waals surface area contributed by atoms with E-state index in [9.17, 15) is 9.90 Å². The van der Waals surface area contributed by atoms with E-state index in [4.69, 9.17) is 5.10 Å². The van der Waals surface area contributed by atoms with Crippen molar-refractivity contribution in [1.29, 1.82) is 0 Å². The summed E-state index contributed by atoms with van der Waals surface area (Å²) in [6.07, 6.45) is 6.64. The first-order chi connectivity index (χ1) is 15.1. The van der Waals surface area contributed by atoms with E-state index in [0.29, 0.717) is 22.9 Å². The molecule has 1 aliphatic rings. The molecule has 0 spiro atoms. The average Bonchev–Trinajstić information content (AvgIpc) is 3.15. The van der Waals surface area contributed by atoms with Gasteiger partial charge in [0.05, 0.1) is 22.5 Å². The number of fused-ring (bicyclic) bond motifs is 1. The van der Waals surface area contributed by atoms with Gasteiger partial charge >= 0.3 is 0 Å². The monoisotopic (exact) mass is 434 g/mol. The second kappa shape index (κ2) is 8.66. The molecule has 1 amide bonds. The molecule has 3 heterocycles. The first kappa shape index (κ1) is 22.5. The maximum atomic E-state index is 12.8. The van der Waals surface area contributed by atoms with Crippen molar-refractivity contribution < 1.29 is 9.90 Å². The number of carbonyl (C=O) groups excluding carboxylic acids is 1. The molecule has 32 heavy (non-hydrogen) atoms. The van der Waals surface area contributed by atoms with Gasteiger partial charge in [0.25, 0.3) is 5.91 Å². The number of hydrogen-bond acceptors (Lipinski definition) is 4. The summed E-state index contributed by atoms with van der Waals surface area (Å²) in [6, 6.07) is 9.38. The molecule has 1 aliphatic carbocycles. The summed E-state index contributed by atoms with van der Waals surface area (Å²) < 4.78 is 1.83. The largest absolute Gasteiger partial charge is 0.386 e. The van der Waals surface area contributed by atoms with Gasteiger partial charge in [0.2, 0.25) is 0 Å². The predicted octanol–water partition coefficient (Wildman–Crippen LogP) is 5.45. The maximum absolute atomic E-state index is 12.8. The van der Waals surface area contributed by atoms with Crippen molar-refractivity contribution >= 4 is 17.1 Å². The molecule has 0 bridgehead atoms. The summed E-state index contributed by atoms with van der Waals surface area (Å²) in [4.78, 5) is 17.2. The molecule has 3 aromatic heterocycles. The zero-order valence-electron chi connectivity index (χ0n) is 19.7. The van der Waals surface area contributed by atoms with Gasteiger partial charge in [0.1, 0.15) is 5.69 Å². The highest BCUT2D eigenvalue weighted by Crippen LogP contribution is 2.39. The maximum Gasteiger partial charge on any atom is 0.274 e. The lowest BCUT2D eigenvalue weighted by molar-refractivity contribution is 0.0787. The minimum atomic E-state index is -1.14. The number of aromatic nitrogens is 3. The fourth-order valence-corrected chi connectivity index (χ4v) is 4.79. The highest BCUT2D eigenvalue weighted by molar-refractivity contribution is 6.03. The summed E-state index contributed by atoms with van der Waals surface area (Å²) in [5.41, 5.74) is 3.19. The minimum Gasteiger partial charge on any atom is -0.386 e. The molecule has 1 fully saturated rings. The standard InChI is InChI=1S/C26H34N4O2/c1-16(2)18-9-11-19(12-10-18)23-13-20-14-24(21(26(4,5)32)15-30(20)29-23)28-25(31)22-8-6-7-17(3)27-22/h6-8,13-16,18-19,32H,9-12H2,1-5H3,(H,28,31). The summed E-state index contributed by atoms with van der Waals surface area (Å²) >= 11 is 0. The Hall–Kier alpha value is -2.73. The van der Waals surface area contributed by atoms with E-state index in [1.165, 1.54) is 12.8 Å². The fourth-order valence-electron chi connectivity index (χ4n) is 4.79. The molecule has 0 aromatic carbocycles. The van der Waals surface area contributed by atoms with Crippen LogP contribution in [0, 0.1) is 18.8 Å². The van der Waals surface area contributed by atoms with Gasteiger partial charge in [0, 0.05) is 23.4 Å². The molecule has 4 rings (SSSR count). The van der Waals surface area contributed by atoms with Crippen molar-refractivity contribution in [2.24, 2.45) is 11.8 Å². The first-order valence-corrected chi connectivity index (χ1v) is 11.6. The lowest BCUT2D eigenvalue weighted by Crippen LogP contribution is -2.22. The van der Waals surface area contributed by atoms with E-state index in [1.807, 2.05) is 35.8 Å². The van der Waals surface area contributed by atoms with E-state index in [1.54, 1.807) is 19.9 Å². The highest BCUT2D eigenvalue weighted by Gasteiger charge is 2.27. The molecule has 1 saturated carbocycles. The van der Waals surface area contributed by atoms with E-state index in [2.05, 4.69) is 30.2 Å². The van der Waals surface area contributed by atoms with Gasteiger partial charge in [-0.2, -0.15) is 5.10 Å².